The lowest BCUT2D eigenvalue weighted by molar-refractivity contribution is -0.129. The lowest BCUT2D eigenvalue weighted by Crippen LogP contribution is -2.25. The summed E-state index contributed by atoms with van der Waals surface area (Å²) in [5.74, 6) is 0.271. The van der Waals surface area contributed by atoms with Crippen molar-refractivity contribution >= 4 is 5.91 Å². The summed E-state index contributed by atoms with van der Waals surface area (Å²) in [4.78, 5) is 11.1. The van der Waals surface area contributed by atoms with Gasteiger partial charge in [-0.3, -0.25) is 4.79 Å². The third kappa shape index (κ3) is 2.23. The number of hydrogen-bond donors (Lipinski definition) is 2. The molecule has 0 bridgehead atoms. The molecule has 1 atom stereocenters. The van der Waals surface area contributed by atoms with Crippen LogP contribution in [0.25, 0.3) is 0 Å². The minimum absolute atomic E-state index is 0.421. The number of hydrogen-bond acceptors (Lipinski definition) is 3. The molecule has 1 unspecified atom stereocenters. The summed E-state index contributed by atoms with van der Waals surface area (Å²) in [6.45, 7) is 0. The first-order valence-electron chi connectivity index (χ1n) is 4.22. The second kappa shape index (κ2) is 4.62. The minimum Gasteiger partial charge on any atom is -0.497 e. The van der Waals surface area contributed by atoms with Crippen molar-refractivity contribution in [2.24, 2.45) is 0 Å². The van der Waals surface area contributed by atoms with Crippen LogP contribution in [0.2, 0.25) is 0 Å². The maximum atomic E-state index is 11.1. The molecule has 4 nitrogen and oxygen atoms in total. The highest BCUT2D eigenvalue weighted by Gasteiger charge is 2.14. The van der Waals surface area contributed by atoms with Crippen LogP contribution in [0.4, 0.5) is 0 Å². The van der Waals surface area contributed by atoms with E-state index in [0.717, 1.165) is 0 Å². The number of aliphatic hydroxyl groups is 1. The fourth-order valence-electron chi connectivity index (χ4n) is 1.07. The largest absolute Gasteiger partial charge is 0.497 e. The molecule has 1 amide bonds. The lowest BCUT2D eigenvalue weighted by atomic mass is 10.1. The van der Waals surface area contributed by atoms with Crippen molar-refractivity contribution in [1.29, 1.82) is 0 Å². The van der Waals surface area contributed by atoms with Crippen molar-refractivity contribution in [1.82, 2.24) is 5.32 Å². The zero-order valence-corrected chi connectivity index (χ0v) is 8.15. The van der Waals surface area contributed by atoms with Gasteiger partial charge in [0.2, 0.25) is 0 Å². The number of ether oxygens (including phenoxy) is 1. The summed E-state index contributed by atoms with van der Waals surface area (Å²) in [6, 6.07) is 6.69. The van der Waals surface area contributed by atoms with E-state index in [9.17, 15) is 9.90 Å². The van der Waals surface area contributed by atoms with E-state index in [1.807, 2.05) is 0 Å². The van der Waals surface area contributed by atoms with Gasteiger partial charge in [-0.25, -0.2) is 0 Å². The molecular formula is C10H13NO3. The van der Waals surface area contributed by atoms with Crippen LogP contribution in [0, 0.1) is 0 Å². The highest BCUT2D eigenvalue weighted by atomic mass is 16.5. The summed E-state index contributed by atoms with van der Waals surface area (Å²) in [5.41, 5.74) is 0.546. The fraction of sp³-hybridized carbons (Fsp3) is 0.300. The van der Waals surface area contributed by atoms with Gasteiger partial charge in [-0.2, -0.15) is 0 Å². The summed E-state index contributed by atoms with van der Waals surface area (Å²) >= 11 is 0. The highest BCUT2D eigenvalue weighted by molar-refractivity contribution is 5.81. The monoisotopic (exact) mass is 195 g/mol. The predicted molar refractivity (Wildman–Crippen MR) is 52.0 cm³/mol. The van der Waals surface area contributed by atoms with Gasteiger partial charge in [-0.1, -0.05) is 12.1 Å². The zero-order chi connectivity index (χ0) is 10.6. The highest BCUT2D eigenvalue weighted by Crippen LogP contribution is 2.17. The van der Waals surface area contributed by atoms with E-state index in [-0.39, 0.29) is 0 Å². The Hall–Kier alpha value is -1.55. The van der Waals surface area contributed by atoms with Crippen molar-refractivity contribution < 1.29 is 14.6 Å². The number of nitrogens with one attached hydrogen (secondary N) is 1. The molecule has 14 heavy (non-hydrogen) atoms. The zero-order valence-electron chi connectivity index (χ0n) is 8.15. The molecule has 0 aliphatic rings. The Morgan fingerprint density at radius 2 is 2.00 bits per heavy atom. The van der Waals surface area contributed by atoms with Crippen molar-refractivity contribution in [3.8, 4) is 5.75 Å². The molecule has 0 radical (unpaired) electrons. The van der Waals surface area contributed by atoms with Crippen molar-refractivity contribution in [2.45, 2.75) is 6.10 Å². The van der Waals surface area contributed by atoms with E-state index in [4.69, 9.17) is 4.74 Å². The van der Waals surface area contributed by atoms with E-state index in [0.29, 0.717) is 11.3 Å². The molecule has 0 aliphatic heterocycles. The summed E-state index contributed by atoms with van der Waals surface area (Å²) < 4.78 is 4.95. The Morgan fingerprint density at radius 3 is 2.43 bits per heavy atom. The predicted octanol–water partition coefficient (Wildman–Crippen LogP) is 0.475. The van der Waals surface area contributed by atoms with E-state index in [1.54, 1.807) is 31.4 Å². The molecule has 1 aromatic carbocycles. The molecular weight excluding hydrogens is 182 g/mol. The van der Waals surface area contributed by atoms with Crippen molar-refractivity contribution in [3.05, 3.63) is 29.8 Å². The molecule has 0 saturated heterocycles. The van der Waals surface area contributed by atoms with Gasteiger partial charge < -0.3 is 15.2 Å². The minimum atomic E-state index is -1.12. The van der Waals surface area contributed by atoms with Gasteiger partial charge in [-0.05, 0) is 17.7 Å². The summed E-state index contributed by atoms with van der Waals surface area (Å²) in [6.07, 6.45) is -1.12. The SMILES string of the molecule is CNC(=O)C(O)c1ccc(OC)cc1. The van der Waals surface area contributed by atoms with Crippen LogP contribution >= 0.6 is 0 Å². The van der Waals surface area contributed by atoms with E-state index in [1.165, 1.54) is 7.05 Å². The Labute approximate surface area is 82.5 Å². The van der Waals surface area contributed by atoms with Gasteiger partial charge >= 0.3 is 0 Å². The Balaban J connectivity index is 2.81. The Kier molecular flexibility index (Phi) is 3.48. The van der Waals surface area contributed by atoms with Crippen LogP contribution in [0.15, 0.2) is 24.3 Å². The van der Waals surface area contributed by atoms with Crippen LogP contribution in [0.3, 0.4) is 0 Å². The summed E-state index contributed by atoms with van der Waals surface area (Å²) in [5, 5.41) is 11.9. The lowest BCUT2D eigenvalue weighted by Gasteiger charge is -2.09. The van der Waals surface area contributed by atoms with Gasteiger partial charge in [0.05, 0.1) is 7.11 Å². The summed E-state index contributed by atoms with van der Waals surface area (Å²) in [7, 11) is 3.04. The van der Waals surface area contributed by atoms with Crippen LogP contribution in [-0.2, 0) is 4.79 Å². The first-order valence-corrected chi connectivity index (χ1v) is 4.22. The van der Waals surface area contributed by atoms with Crippen LogP contribution in [0.1, 0.15) is 11.7 Å². The molecule has 0 spiro atoms. The molecule has 0 aromatic heterocycles. The van der Waals surface area contributed by atoms with Crippen molar-refractivity contribution in [2.75, 3.05) is 14.2 Å². The number of aliphatic hydroxyl groups excluding tert-OH is 1. The van der Waals surface area contributed by atoms with Crippen LogP contribution in [-0.4, -0.2) is 25.2 Å². The third-order valence-electron chi connectivity index (χ3n) is 1.93. The number of benzene rings is 1. The van der Waals surface area contributed by atoms with Gasteiger partial charge in [0, 0.05) is 7.05 Å². The maximum absolute atomic E-state index is 11.1. The standard InChI is InChI=1S/C10H13NO3/c1-11-10(13)9(12)7-3-5-8(14-2)6-4-7/h3-6,9,12H,1-2H3,(H,11,13). The molecule has 0 saturated carbocycles. The molecule has 0 aliphatic carbocycles. The Morgan fingerprint density at radius 1 is 1.43 bits per heavy atom. The van der Waals surface area contributed by atoms with E-state index >= 15 is 0 Å². The van der Waals surface area contributed by atoms with E-state index < -0.39 is 12.0 Å². The third-order valence-corrected chi connectivity index (χ3v) is 1.93. The first-order chi connectivity index (χ1) is 6.69. The average Bonchev–Trinajstić information content (AvgIpc) is 2.27. The van der Waals surface area contributed by atoms with Gasteiger partial charge in [0.1, 0.15) is 5.75 Å². The second-order valence-electron chi connectivity index (χ2n) is 2.79. The molecule has 0 heterocycles. The number of rotatable bonds is 3. The van der Waals surface area contributed by atoms with Gasteiger partial charge in [0.15, 0.2) is 6.10 Å². The molecule has 2 N–H and O–H groups in total. The molecule has 4 heteroatoms. The number of amides is 1. The van der Waals surface area contributed by atoms with Crippen LogP contribution < -0.4 is 10.1 Å². The molecule has 76 valence electrons. The number of carbonyl (C=O) groups is 1. The van der Waals surface area contributed by atoms with Gasteiger partial charge in [-0.15, -0.1) is 0 Å². The molecule has 0 fully saturated rings. The Bertz CT molecular complexity index is 308. The van der Waals surface area contributed by atoms with Crippen molar-refractivity contribution in [3.63, 3.8) is 0 Å². The second-order valence-corrected chi connectivity index (χ2v) is 2.79. The van der Waals surface area contributed by atoms with E-state index in [2.05, 4.69) is 5.32 Å². The number of likely N-dealkylation sites (N-methyl/N-ethyl adjacent to an activating group) is 1. The van der Waals surface area contributed by atoms with Crippen LogP contribution in [0.5, 0.6) is 5.75 Å². The average molecular weight is 195 g/mol. The maximum Gasteiger partial charge on any atom is 0.253 e. The fourth-order valence-corrected chi connectivity index (χ4v) is 1.07. The molecule has 1 rings (SSSR count). The topological polar surface area (TPSA) is 58.6 Å². The quantitative estimate of drug-likeness (QED) is 0.737. The first kappa shape index (κ1) is 10.5. The van der Waals surface area contributed by atoms with Gasteiger partial charge in [0.25, 0.3) is 5.91 Å². The smallest absolute Gasteiger partial charge is 0.253 e. The number of carbonyl (C=O) groups excluding carboxylic acids is 1. The normalized spacial score (nSPS) is 11.9. The molecule has 1 aromatic rings. The number of methoxy groups -OCH3 is 1.